The average molecular weight is 249 g/mol. The lowest BCUT2D eigenvalue weighted by Gasteiger charge is -2.05. The summed E-state index contributed by atoms with van der Waals surface area (Å²) < 4.78 is 23.4. The van der Waals surface area contributed by atoms with Crippen molar-refractivity contribution >= 4 is 33.2 Å². The molecule has 1 amide bonds. The molecule has 1 aromatic carbocycles. The molecule has 7 heteroatoms. The van der Waals surface area contributed by atoms with Crippen LogP contribution in [0.15, 0.2) is 18.2 Å². The summed E-state index contributed by atoms with van der Waals surface area (Å²) in [6.07, 6.45) is 0.886. The number of hydrogen-bond acceptors (Lipinski definition) is 4. The van der Waals surface area contributed by atoms with Crippen LogP contribution in [-0.4, -0.2) is 20.6 Å². The zero-order valence-corrected chi connectivity index (χ0v) is 9.39. The van der Waals surface area contributed by atoms with Crippen molar-refractivity contribution in [2.45, 2.75) is 0 Å². The van der Waals surface area contributed by atoms with Crippen LogP contribution in [0, 0.1) is 0 Å². The molecule has 0 spiro atoms. The quantitative estimate of drug-likeness (QED) is 0.751. The van der Waals surface area contributed by atoms with E-state index in [1.54, 1.807) is 4.72 Å². The molecule has 0 aliphatic rings. The Labute approximate surface area is 92.3 Å². The van der Waals surface area contributed by atoms with Gasteiger partial charge in [-0.2, -0.15) is 0 Å². The molecule has 0 saturated carbocycles. The number of nitrogens with two attached hydrogens (primary N) is 1. The van der Waals surface area contributed by atoms with Crippen molar-refractivity contribution in [3.8, 4) is 0 Å². The van der Waals surface area contributed by atoms with Crippen LogP contribution in [0.5, 0.6) is 0 Å². The van der Waals surface area contributed by atoms with Gasteiger partial charge in [-0.1, -0.05) is 11.6 Å². The Morgan fingerprint density at radius 1 is 1.47 bits per heavy atom. The SMILES string of the molecule is CS(=O)(=O)NC(=O)c1ccc(Cl)cc1N. The molecule has 82 valence electrons. The van der Waals surface area contributed by atoms with Gasteiger partial charge < -0.3 is 5.73 Å². The van der Waals surface area contributed by atoms with Gasteiger partial charge in [0.2, 0.25) is 10.0 Å². The predicted molar refractivity (Wildman–Crippen MR) is 58.2 cm³/mol. The summed E-state index contributed by atoms with van der Waals surface area (Å²) in [4.78, 5) is 11.4. The maximum Gasteiger partial charge on any atom is 0.266 e. The van der Waals surface area contributed by atoms with Gasteiger partial charge in [0, 0.05) is 10.7 Å². The Morgan fingerprint density at radius 2 is 2.07 bits per heavy atom. The minimum atomic E-state index is -3.59. The lowest BCUT2D eigenvalue weighted by Crippen LogP contribution is -2.29. The topological polar surface area (TPSA) is 89.3 Å². The standard InChI is InChI=1S/C8H9ClN2O3S/c1-15(13,14)11-8(12)6-3-2-5(9)4-7(6)10/h2-4H,10H2,1H3,(H,11,12). The molecule has 0 aromatic heterocycles. The number of rotatable bonds is 2. The van der Waals surface area contributed by atoms with E-state index in [-0.39, 0.29) is 11.3 Å². The van der Waals surface area contributed by atoms with Crippen molar-refractivity contribution in [1.82, 2.24) is 4.72 Å². The predicted octanol–water partition coefficient (Wildman–Crippen LogP) is 0.612. The van der Waals surface area contributed by atoms with E-state index >= 15 is 0 Å². The normalized spacial score (nSPS) is 11.1. The van der Waals surface area contributed by atoms with E-state index in [0.717, 1.165) is 6.26 Å². The molecule has 0 aliphatic heterocycles. The largest absolute Gasteiger partial charge is 0.398 e. The number of amides is 1. The number of benzene rings is 1. The highest BCUT2D eigenvalue weighted by Crippen LogP contribution is 2.17. The minimum Gasteiger partial charge on any atom is -0.398 e. The summed E-state index contributed by atoms with van der Waals surface area (Å²) in [5.41, 5.74) is 5.70. The van der Waals surface area contributed by atoms with Gasteiger partial charge in [0.25, 0.3) is 5.91 Å². The summed E-state index contributed by atoms with van der Waals surface area (Å²) in [6.45, 7) is 0. The second-order valence-electron chi connectivity index (χ2n) is 2.93. The van der Waals surface area contributed by atoms with Crippen LogP contribution in [-0.2, 0) is 10.0 Å². The Balaban J connectivity index is 3.02. The van der Waals surface area contributed by atoms with E-state index in [4.69, 9.17) is 17.3 Å². The van der Waals surface area contributed by atoms with Crippen LogP contribution in [0.1, 0.15) is 10.4 Å². The Kier molecular flexibility index (Phi) is 3.21. The van der Waals surface area contributed by atoms with Gasteiger partial charge in [0.05, 0.1) is 11.8 Å². The summed E-state index contributed by atoms with van der Waals surface area (Å²) >= 11 is 5.62. The maximum atomic E-state index is 11.4. The van der Waals surface area contributed by atoms with Crippen molar-refractivity contribution in [1.29, 1.82) is 0 Å². The zero-order valence-electron chi connectivity index (χ0n) is 7.82. The number of anilines is 1. The number of carbonyl (C=O) groups is 1. The number of carbonyl (C=O) groups excluding carboxylic acids is 1. The Bertz CT molecular complexity index is 499. The molecule has 1 aromatic rings. The molecule has 0 fully saturated rings. The third-order valence-electron chi connectivity index (χ3n) is 1.54. The lowest BCUT2D eigenvalue weighted by atomic mass is 10.2. The summed E-state index contributed by atoms with van der Waals surface area (Å²) in [5.74, 6) is -0.772. The molecular formula is C8H9ClN2O3S. The molecule has 5 nitrogen and oxygen atoms in total. The second kappa shape index (κ2) is 4.08. The van der Waals surface area contributed by atoms with Gasteiger partial charge in [-0.05, 0) is 18.2 Å². The van der Waals surface area contributed by atoms with E-state index in [1.165, 1.54) is 18.2 Å². The fraction of sp³-hybridized carbons (Fsp3) is 0.125. The first-order chi connectivity index (χ1) is 6.79. The molecule has 0 saturated heterocycles. The highest BCUT2D eigenvalue weighted by atomic mass is 35.5. The average Bonchev–Trinajstić information content (AvgIpc) is 1.99. The molecule has 0 heterocycles. The van der Waals surface area contributed by atoms with E-state index in [1.807, 2.05) is 0 Å². The van der Waals surface area contributed by atoms with Crippen LogP contribution in [0.3, 0.4) is 0 Å². The van der Waals surface area contributed by atoms with E-state index in [9.17, 15) is 13.2 Å². The van der Waals surface area contributed by atoms with Gasteiger partial charge in [-0.25, -0.2) is 13.1 Å². The van der Waals surface area contributed by atoms with Crippen molar-refractivity contribution < 1.29 is 13.2 Å². The third-order valence-corrected chi connectivity index (χ3v) is 2.33. The number of sulfonamides is 1. The van der Waals surface area contributed by atoms with Crippen molar-refractivity contribution in [3.05, 3.63) is 28.8 Å². The molecule has 0 atom stereocenters. The van der Waals surface area contributed by atoms with Crippen LogP contribution in [0.2, 0.25) is 5.02 Å². The molecular weight excluding hydrogens is 240 g/mol. The fourth-order valence-electron chi connectivity index (χ4n) is 0.964. The van der Waals surface area contributed by atoms with Gasteiger partial charge in [-0.15, -0.1) is 0 Å². The smallest absolute Gasteiger partial charge is 0.266 e. The van der Waals surface area contributed by atoms with Crippen LogP contribution in [0.25, 0.3) is 0 Å². The van der Waals surface area contributed by atoms with Crippen molar-refractivity contribution in [2.24, 2.45) is 0 Å². The first-order valence-electron chi connectivity index (χ1n) is 3.87. The molecule has 15 heavy (non-hydrogen) atoms. The number of hydrogen-bond donors (Lipinski definition) is 2. The van der Waals surface area contributed by atoms with Crippen molar-refractivity contribution in [2.75, 3.05) is 12.0 Å². The van der Waals surface area contributed by atoms with Gasteiger partial charge in [0.15, 0.2) is 0 Å². The zero-order chi connectivity index (χ0) is 11.6. The number of nitrogen functional groups attached to an aromatic ring is 1. The summed E-state index contributed by atoms with van der Waals surface area (Å²) in [6, 6.07) is 4.19. The number of halogens is 1. The lowest BCUT2D eigenvalue weighted by molar-refractivity contribution is 0.0982. The molecule has 0 bridgehead atoms. The molecule has 0 unspecified atom stereocenters. The van der Waals surface area contributed by atoms with Gasteiger partial charge in [-0.3, -0.25) is 4.79 Å². The van der Waals surface area contributed by atoms with Crippen LogP contribution < -0.4 is 10.5 Å². The number of nitrogens with one attached hydrogen (secondary N) is 1. The van der Waals surface area contributed by atoms with Gasteiger partial charge >= 0.3 is 0 Å². The minimum absolute atomic E-state index is 0.0739. The Hall–Kier alpha value is -1.27. The first kappa shape index (κ1) is 11.8. The van der Waals surface area contributed by atoms with E-state index < -0.39 is 15.9 Å². The Morgan fingerprint density at radius 3 is 2.53 bits per heavy atom. The van der Waals surface area contributed by atoms with Gasteiger partial charge in [0.1, 0.15) is 0 Å². The van der Waals surface area contributed by atoms with Crippen LogP contribution in [0.4, 0.5) is 5.69 Å². The van der Waals surface area contributed by atoms with E-state index in [2.05, 4.69) is 0 Å². The third kappa shape index (κ3) is 3.41. The highest BCUT2D eigenvalue weighted by Gasteiger charge is 2.13. The van der Waals surface area contributed by atoms with Crippen LogP contribution >= 0.6 is 11.6 Å². The molecule has 0 aliphatic carbocycles. The van der Waals surface area contributed by atoms with E-state index in [0.29, 0.717) is 5.02 Å². The monoisotopic (exact) mass is 248 g/mol. The summed E-state index contributed by atoms with van der Waals surface area (Å²) in [5, 5.41) is 0.378. The second-order valence-corrected chi connectivity index (χ2v) is 5.12. The highest BCUT2D eigenvalue weighted by molar-refractivity contribution is 7.89. The van der Waals surface area contributed by atoms with Crippen molar-refractivity contribution in [3.63, 3.8) is 0 Å². The first-order valence-corrected chi connectivity index (χ1v) is 6.13. The fourth-order valence-corrected chi connectivity index (χ4v) is 1.59. The maximum absolute atomic E-state index is 11.4. The summed E-state index contributed by atoms with van der Waals surface area (Å²) in [7, 11) is -3.59. The molecule has 3 N–H and O–H groups in total. The molecule has 1 rings (SSSR count). The molecule has 0 radical (unpaired) electrons.